The lowest BCUT2D eigenvalue weighted by molar-refractivity contribution is 0.0746. The Labute approximate surface area is 119 Å². The molecule has 102 valence electrons. The molecule has 2 aromatic carbocycles. The molecule has 0 spiro atoms. The maximum Gasteiger partial charge on any atom is 0.254 e. The van der Waals surface area contributed by atoms with Gasteiger partial charge in [-0.3, -0.25) is 4.79 Å². The lowest BCUT2D eigenvalue weighted by Crippen LogP contribution is -2.30. The van der Waals surface area contributed by atoms with Crippen molar-refractivity contribution in [3.05, 3.63) is 65.2 Å². The number of nitrogen functional groups attached to an aromatic ring is 1. The summed E-state index contributed by atoms with van der Waals surface area (Å²) in [6.45, 7) is 1.50. The van der Waals surface area contributed by atoms with Crippen molar-refractivity contribution in [3.63, 3.8) is 0 Å². The number of fused-ring (bicyclic) bond motifs is 1. The van der Waals surface area contributed by atoms with Gasteiger partial charge in [-0.05, 0) is 48.2 Å². The minimum Gasteiger partial charge on any atom is -0.399 e. The van der Waals surface area contributed by atoms with Crippen LogP contribution >= 0.6 is 0 Å². The van der Waals surface area contributed by atoms with Gasteiger partial charge in [0.2, 0.25) is 0 Å². The second-order valence-electron chi connectivity index (χ2n) is 5.22. The van der Waals surface area contributed by atoms with Gasteiger partial charge in [0, 0.05) is 24.3 Å². The number of hydrogen-bond acceptors (Lipinski definition) is 2. The predicted octanol–water partition coefficient (Wildman–Crippen LogP) is 2.86. The number of nitrogens with two attached hydrogens (primary N) is 1. The molecule has 0 bridgehead atoms. The second kappa shape index (κ2) is 5.37. The SMILES string of the molecule is Nc1ccc(C(=O)N2CCCc3ccccc3C2)cc1. The molecule has 20 heavy (non-hydrogen) atoms. The van der Waals surface area contributed by atoms with E-state index in [1.807, 2.05) is 11.0 Å². The number of hydrogen-bond donors (Lipinski definition) is 1. The molecule has 0 aliphatic carbocycles. The predicted molar refractivity (Wildman–Crippen MR) is 80.4 cm³/mol. The van der Waals surface area contributed by atoms with E-state index in [1.54, 1.807) is 24.3 Å². The molecule has 0 unspecified atom stereocenters. The Morgan fingerprint density at radius 1 is 1.00 bits per heavy atom. The van der Waals surface area contributed by atoms with Crippen molar-refractivity contribution in [1.29, 1.82) is 0 Å². The zero-order valence-corrected chi connectivity index (χ0v) is 11.4. The normalized spacial score (nSPS) is 14.5. The molecule has 2 N–H and O–H groups in total. The molecule has 0 aromatic heterocycles. The molecule has 0 fully saturated rings. The maximum absolute atomic E-state index is 12.6. The third-order valence-corrected chi connectivity index (χ3v) is 3.80. The first kappa shape index (κ1) is 12.7. The van der Waals surface area contributed by atoms with Crippen LogP contribution in [0.25, 0.3) is 0 Å². The van der Waals surface area contributed by atoms with Crippen LogP contribution in [-0.4, -0.2) is 17.4 Å². The first-order valence-corrected chi connectivity index (χ1v) is 6.95. The fourth-order valence-electron chi connectivity index (χ4n) is 2.68. The van der Waals surface area contributed by atoms with Crippen LogP contribution in [0.5, 0.6) is 0 Å². The first-order valence-electron chi connectivity index (χ1n) is 6.95. The minimum absolute atomic E-state index is 0.0849. The Morgan fingerprint density at radius 3 is 2.45 bits per heavy atom. The molecule has 0 atom stereocenters. The average molecular weight is 266 g/mol. The Balaban J connectivity index is 1.84. The van der Waals surface area contributed by atoms with Gasteiger partial charge in [0.15, 0.2) is 0 Å². The zero-order chi connectivity index (χ0) is 13.9. The van der Waals surface area contributed by atoms with E-state index >= 15 is 0 Å². The summed E-state index contributed by atoms with van der Waals surface area (Å²) >= 11 is 0. The quantitative estimate of drug-likeness (QED) is 0.807. The number of amides is 1. The molecule has 1 aliphatic heterocycles. The van der Waals surface area contributed by atoms with Gasteiger partial charge in [0.05, 0.1) is 0 Å². The second-order valence-corrected chi connectivity index (χ2v) is 5.22. The lowest BCUT2D eigenvalue weighted by atomic mass is 10.0. The summed E-state index contributed by atoms with van der Waals surface area (Å²) in [5, 5.41) is 0. The fourth-order valence-corrected chi connectivity index (χ4v) is 2.68. The van der Waals surface area contributed by atoms with Crippen molar-refractivity contribution in [2.75, 3.05) is 12.3 Å². The summed E-state index contributed by atoms with van der Waals surface area (Å²) in [5.74, 6) is 0.0849. The van der Waals surface area contributed by atoms with Gasteiger partial charge in [0.25, 0.3) is 5.91 Å². The van der Waals surface area contributed by atoms with Crippen molar-refractivity contribution in [2.24, 2.45) is 0 Å². The van der Waals surface area contributed by atoms with E-state index < -0.39 is 0 Å². The largest absolute Gasteiger partial charge is 0.399 e. The van der Waals surface area contributed by atoms with Crippen LogP contribution in [0.2, 0.25) is 0 Å². The molecular formula is C17H18N2O. The van der Waals surface area contributed by atoms with Gasteiger partial charge >= 0.3 is 0 Å². The van der Waals surface area contributed by atoms with Gasteiger partial charge < -0.3 is 10.6 Å². The molecule has 3 nitrogen and oxygen atoms in total. The van der Waals surface area contributed by atoms with Crippen molar-refractivity contribution in [3.8, 4) is 0 Å². The van der Waals surface area contributed by atoms with Crippen molar-refractivity contribution < 1.29 is 4.79 Å². The third-order valence-electron chi connectivity index (χ3n) is 3.80. The highest BCUT2D eigenvalue weighted by Crippen LogP contribution is 2.20. The number of aryl methyl sites for hydroxylation is 1. The van der Waals surface area contributed by atoms with Gasteiger partial charge in [-0.2, -0.15) is 0 Å². The highest BCUT2D eigenvalue weighted by atomic mass is 16.2. The summed E-state index contributed by atoms with van der Waals surface area (Å²) in [4.78, 5) is 14.5. The summed E-state index contributed by atoms with van der Waals surface area (Å²) < 4.78 is 0. The van der Waals surface area contributed by atoms with Crippen LogP contribution in [0, 0.1) is 0 Å². The summed E-state index contributed by atoms with van der Waals surface area (Å²) in [6.07, 6.45) is 2.05. The molecule has 0 radical (unpaired) electrons. The van der Waals surface area contributed by atoms with E-state index in [1.165, 1.54) is 11.1 Å². The molecule has 3 rings (SSSR count). The average Bonchev–Trinajstić information content (AvgIpc) is 2.69. The van der Waals surface area contributed by atoms with Crippen LogP contribution in [0.4, 0.5) is 5.69 Å². The van der Waals surface area contributed by atoms with E-state index in [0.29, 0.717) is 17.8 Å². The van der Waals surface area contributed by atoms with E-state index in [0.717, 1.165) is 19.4 Å². The van der Waals surface area contributed by atoms with Crippen LogP contribution in [0.15, 0.2) is 48.5 Å². The first-order chi connectivity index (χ1) is 9.74. The summed E-state index contributed by atoms with van der Waals surface area (Å²) in [7, 11) is 0. The Hall–Kier alpha value is -2.29. The Morgan fingerprint density at radius 2 is 1.70 bits per heavy atom. The van der Waals surface area contributed by atoms with Crippen molar-refractivity contribution in [2.45, 2.75) is 19.4 Å². The van der Waals surface area contributed by atoms with Crippen LogP contribution in [-0.2, 0) is 13.0 Å². The molecule has 3 heteroatoms. The topological polar surface area (TPSA) is 46.3 Å². The molecule has 0 saturated carbocycles. The number of carbonyl (C=O) groups excluding carboxylic acids is 1. The monoisotopic (exact) mass is 266 g/mol. The number of nitrogens with zero attached hydrogens (tertiary/aromatic N) is 1. The van der Waals surface area contributed by atoms with Crippen molar-refractivity contribution in [1.82, 2.24) is 4.90 Å². The molecule has 1 aliphatic rings. The highest BCUT2D eigenvalue weighted by molar-refractivity contribution is 5.94. The summed E-state index contributed by atoms with van der Waals surface area (Å²) in [5.41, 5.74) is 9.68. The standard InChI is InChI=1S/C17H18N2O/c18-16-9-7-14(8-10-16)17(20)19-11-3-6-13-4-1-2-5-15(13)12-19/h1-2,4-5,7-10H,3,6,11-12,18H2. The van der Waals surface area contributed by atoms with Gasteiger partial charge in [-0.15, -0.1) is 0 Å². The number of rotatable bonds is 1. The van der Waals surface area contributed by atoms with Crippen LogP contribution in [0.1, 0.15) is 27.9 Å². The minimum atomic E-state index is 0.0849. The van der Waals surface area contributed by atoms with E-state index in [2.05, 4.69) is 18.2 Å². The highest BCUT2D eigenvalue weighted by Gasteiger charge is 2.19. The molecule has 0 saturated heterocycles. The van der Waals surface area contributed by atoms with Gasteiger partial charge in [0.1, 0.15) is 0 Å². The Bertz CT molecular complexity index is 619. The van der Waals surface area contributed by atoms with Crippen molar-refractivity contribution >= 4 is 11.6 Å². The number of anilines is 1. The Kier molecular flexibility index (Phi) is 3.42. The molecule has 1 amide bonds. The third kappa shape index (κ3) is 2.52. The summed E-state index contributed by atoms with van der Waals surface area (Å²) in [6, 6.07) is 15.5. The van der Waals surface area contributed by atoms with E-state index in [-0.39, 0.29) is 5.91 Å². The zero-order valence-electron chi connectivity index (χ0n) is 11.4. The van der Waals surface area contributed by atoms with Gasteiger partial charge in [-0.1, -0.05) is 24.3 Å². The molecule has 1 heterocycles. The molecule has 2 aromatic rings. The lowest BCUT2D eigenvalue weighted by Gasteiger charge is -2.21. The molecular weight excluding hydrogens is 248 g/mol. The van der Waals surface area contributed by atoms with E-state index in [4.69, 9.17) is 5.73 Å². The van der Waals surface area contributed by atoms with Crippen LogP contribution in [0.3, 0.4) is 0 Å². The number of carbonyl (C=O) groups is 1. The fraction of sp³-hybridized carbons (Fsp3) is 0.235. The maximum atomic E-state index is 12.6. The smallest absolute Gasteiger partial charge is 0.254 e. The van der Waals surface area contributed by atoms with Gasteiger partial charge in [-0.25, -0.2) is 0 Å². The van der Waals surface area contributed by atoms with E-state index in [9.17, 15) is 4.79 Å². The number of benzene rings is 2. The van der Waals surface area contributed by atoms with Crippen LogP contribution < -0.4 is 5.73 Å².